The molecule has 2 aliphatic rings. The Morgan fingerprint density at radius 1 is 1.10 bits per heavy atom. The lowest BCUT2D eigenvalue weighted by Crippen LogP contribution is -2.49. The van der Waals surface area contributed by atoms with Crippen LogP contribution in [0.15, 0.2) is 48.7 Å². The van der Waals surface area contributed by atoms with E-state index in [1.54, 1.807) is 7.11 Å². The first-order chi connectivity index (χ1) is 14.2. The Morgan fingerprint density at radius 3 is 2.72 bits per heavy atom. The normalized spacial score (nSPS) is 20.1. The number of anilines is 1. The average Bonchev–Trinajstić information content (AvgIpc) is 3.27. The maximum atomic E-state index is 12.8. The second kappa shape index (κ2) is 9.27. The molecule has 1 aromatic heterocycles. The van der Waals surface area contributed by atoms with Crippen LogP contribution in [0.4, 0.5) is 5.82 Å². The van der Waals surface area contributed by atoms with Gasteiger partial charge in [-0.15, -0.1) is 0 Å². The quantitative estimate of drug-likeness (QED) is 0.754. The second-order valence-corrected chi connectivity index (χ2v) is 7.78. The molecule has 29 heavy (non-hydrogen) atoms. The highest BCUT2D eigenvalue weighted by Crippen LogP contribution is 2.33. The van der Waals surface area contributed by atoms with Crippen LogP contribution in [0.2, 0.25) is 0 Å². The Kier molecular flexibility index (Phi) is 6.30. The average molecular weight is 395 g/mol. The van der Waals surface area contributed by atoms with E-state index in [9.17, 15) is 4.79 Å². The molecular formula is C23H30N4O2. The number of nitrogens with zero attached hydrogens (tertiary/aromatic N) is 4. The zero-order valence-electron chi connectivity index (χ0n) is 17.2. The van der Waals surface area contributed by atoms with Crippen molar-refractivity contribution in [1.82, 2.24) is 14.8 Å². The monoisotopic (exact) mass is 394 g/mol. The molecular weight excluding hydrogens is 364 g/mol. The molecule has 3 heterocycles. The van der Waals surface area contributed by atoms with Gasteiger partial charge in [-0.05, 0) is 49.2 Å². The molecule has 1 unspecified atom stereocenters. The topological polar surface area (TPSA) is 48.9 Å². The van der Waals surface area contributed by atoms with E-state index in [0.29, 0.717) is 12.5 Å². The summed E-state index contributed by atoms with van der Waals surface area (Å²) in [5, 5.41) is 0. The Balaban J connectivity index is 1.28. The lowest BCUT2D eigenvalue weighted by atomic mass is 10.0. The highest BCUT2D eigenvalue weighted by Gasteiger charge is 2.28. The molecule has 2 aromatic rings. The molecule has 6 heteroatoms. The van der Waals surface area contributed by atoms with Crippen molar-refractivity contribution >= 4 is 11.7 Å². The Bertz CT molecular complexity index is 806. The van der Waals surface area contributed by atoms with Gasteiger partial charge in [0.25, 0.3) is 0 Å². The number of rotatable bonds is 6. The molecule has 6 nitrogen and oxygen atoms in total. The van der Waals surface area contributed by atoms with Crippen LogP contribution in [0.3, 0.4) is 0 Å². The highest BCUT2D eigenvalue weighted by atomic mass is 16.5. The molecule has 1 amide bonds. The van der Waals surface area contributed by atoms with Gasteiger partial charge < -0.3 is 14.5 Å². The summed E-state index contributed by atoms with van der Waals surface area (Å²) >= 11 is 0. The Morgan fingerprint density at radius 2 is 1.97 bits per heavy atom. The molecule has 0 spiro atoms. The molecule has 2 saturated heterocycles. The maximum Gasteiger partial charge on any atom is 0.223 e. The number of hydrogen-bond donors (Lipinski definition) is 0. The molecule has 0 radical (unpaired) electrons. The van der Waals surface area contributed by atoms with Gasteiger partial charge in [0.1, 0.15) is 11.6 Å². The van der Waals surface area contributed by atoms with E-state index in [1.807, 2.05) is 35.4 Å². The summed E-state index contributed by atoms with van der Waals surface area (Å²) in [6.07, 6.45) is 4.73. The summed E-state index contributed by atoms with van der Waals surface area (Å²) < 4.78 is 5.38. The van der Waals surface area contributed by atoms with Crippen LogP contribution in [0.25, 0.3) is 0 Å². The van der Waals surface area contributed by atoms with Crippen LogP contribution in [0.5, 0.6) is 5.75 Å². The van der Waals surface area contributed by atoms with E-state index in [2.05, 4.69) is 33.0 Å². The maximum absolute atomic E-state index is 12.8. The van der Waals surface area contributed by atoms with Crippen molar-refractivity contribution in [2.75, 3.05) is 51.3 Å². The summed E-state index contributed by atoms with van der Waals surface area (Å²) in [5.74, 6) is 2.16. The Hall–Kier alpha value is -2.60. The van der Waals surface area contributed by atoms with Crippen LogP contribution in [-0.2, 0) is 4.79 Å². The van der Waals surface area contributed by atoms with Crippen molar-refractivity contribution < 1.29 is 9.53 Å². The second-order valence-electron chi connectivity index (χ2n) is 7.78. The minimum Gasteiger partial charge on any atom is -0.497 e. The third kappa shape index (κ3) is 4.70. The highest BCUT2D eigenvalue weighted by molar-refractivity contribution is 5.76. The number of carbonyl (C=O) groups excluding carboxylic acids is 1. The molecule has 2 aliphatic heterocycles. The first kappa shape index (κ1) is 19.7. The van der Waals surface area contributed by atoms with Crippen LogP contribution in [-0.4, -0.2) is 67.1 Å². The van der Waals surface area contributed by atoms with Gasteiger partial charge in [-0.25, -0.2) is 4.98 Å². The summed E-state index contributed by atoms with van der Waals surface area (Å²) in [7, 11) is 1.71. The molecule has 1 atom stereocenters. The van der Waals surface area contributed by atoms with E-state index < -0.39 is 0 Å². The van der Waals surface area contributed by atoms with E-state index in [-0.39, 0.29) is 5.91 Å². The fourth-order valence-electron chi connectivity index (χ4n) is 4.44. The van der Waals surface area contributed by atoms with E-state index in [0.717, 1.165) is 57.3 Å². The van der Waals surface area contributed by atoms with Gasteiger partial charge in [-0.3, -0.25) is 9.69 Å². The molecule has 0 aliphatic carbocycles. The van der Waals surface area contributed by atoms with Gasteiger partial charge in [-0.2, -0.15) is 0 Å². The molecule has 1 aromatic carbocycles. The lowest BCUT2D eigenvalue weighted by Gasteiger charge is -2.36. The number of aromatic nitrogens is 1. The minimum absolute atomic E-state index is 0.266. The van der Waals surface area contributed by atoms with Crippen LogP contribution in [0.1, 0.15) is 30.9 Å². The molecule has 2 fully saturated rings. The van der Waals surface area contributed by atoms with Crippen LogP contribution >= 0.6 is 0 Å². The molecule has 0 bridgehead atoms. The molecule has 0 saturated carbocycles. The van der Waals surface area contributed by atoms with Gasteiger partial charge >= 0.3 is 0 Å². The SMILES string of the molecule is COc1cccc(C2CCCN2CCC(=O)N2CCN(c3ccccn3)CC2)c1. The summed E-state index contributed by atoms with van der Waals surface area (Å²) in [5.41, 5.74) is 1.29. The molecule has 0 N–H and O–H groups in total. The smallest absolute Gasteiger partial charge is 0.223 e. The predicted octanol–water partition coefficient (Wildman–Crippen LogP) is 2.97. The number of hydrogen-bond acceptors (Lipinski definition) is 5. The van der Waals surface area contributed by atoms with Gasteiger partial charge in [0, 0.05) is 51.4 Å². The number of carbonyl (C=O) groups is 1. The minimum atomic E-state index is 0.266. The largest absolute Gasteiger partial charge is 0.497 e. The summed E-state index contributed by atoms with van der Waals surface area (Å²) in [4.78, 5) is 23.9. The van der Waals surface area contributed by atoms with Crippen molar-refractivity contribution in [3.63, 3.8) is 0 Å². The third-order valence-electron chi connectivity index (χ3n) is 6.06. The Labute approximate surface area is 173 Å². The summed E-state index contributed by atoms with van der Waals surface area (Å²) in [6.45, 7) is 5.12. The van der Waals surface area contributed by atoms with Crippen molar-refractivity contribution in [2.24, 2.45) is 0 Å². The van der Waals surface area contributed by atoms with Gasteiger partial charge in [-0.1, -0.05) is 18.2 Å². The molecule has 4 rings (SSSR count). The molecule has 154 valence electrons. The van der Waals surface area contributed by atoms with Crippen molar-refractivity contribution in [3.8, 4) is 5.75 Å². The van der Waals surface area contributed by atoms with Gasteiger partial charge in [0.15, 0.2) is 0 Å². The number of ether oxygens (including phenoxy) is 1. The van der Waals surface area contributed by atoms with Crippen molar-refractivity contribution in [1.29, 1.82) is 0 Å². The zero-order chi connectivity index (χ0) is 20.1. The van der Waals surface area contributed by atoms with Crippen molar-refractivity contribution in [3.05, 3.63) is 54.2 Å². The number of benzene rings is 1. The standard InChI is InChI=1S/C23H30N4O2/c1-29-20-7-4-6-19(18-20)21-8-5-12-25(21)13-10-23(28)27-16-14-26(15-17-27)22-9-2-3-11-24-22/h2-4,6-7,9,11,18,21H,5,8,10,12-17H2,1H3. The number of piperazine rings is 1. The number of amides is 1. The van der Waals surface area contributed by atoms with E-state index >= 15 is 0 Å². The number of likely N-dealkylation sites (tertiary alicyclic amines) is 1. The fraction of sp³-hybridized carbons (Fsp3) is 0.478. The van der Waals surface area contributed by atoms with E-state index in [1.165, 1.54) is 12.0 Å². The van der Waals surface area contributed by atoms with E-state index in [4.69, 9.17) is 4.74 Å². The first-order valence-corrected chi connectivity index (χ1v) is 10.6. The predicted molar refractivity (Wildman–Crippen MR) is 114 cm³/mol. The van der Waals surface area contributed by atoms with Gasteiger partial charge in [0.05, 0.1) is 7.11 Å². The van der Waals surface area contributed by atoms with Crippen molar-refractivity contribution in [2.45, 2.75) is 25.3 Å². The lowest BCUT2D eigenvalue weighted by molar-refractivity contribution is -0.131. The summed E-state index contributed by atoms with van der Waals surface area (Å²) in [6, 6.07) is 14.7. The zero-order valence-corrected chi connectivity index (χ0v) is 17.2. The van der Waals surface area contributed by atoms with Crippen LogP contribution < -0.4 is 9.64 Å². The van der Waals surface area contributed by atoms with Crippen LogP contribution in [0, 0.1) is 0 Å². The fourth-order valence-corrected chi connectivity index (χ4v) is 4.44. The number of pyridine rings is 1. The number of methoxy groups -OCH3 is 1. The van der Waals surface area contributed by atoms with Gasteiger partial charge in [0.2, 0.25) is 5.91 Å². The first-order valence-electron chi connectivity index (χ1n) is 10.6. The third-order valence-corrected chi connectivity index (χ3v) is 6.06.